The molecule has 18 heavy (non-hydrogen) atoms. The quantitative estimate of drug-likeness (QED) is 0.888. The fourth-order valence-electron chi connectivity index (χ4n) is 1.74. The highest BCUT2D eigenvalue weighted by Crippen LogP contribution is 2.24. The summed E-state index contributed by atoms with van der Waals surface area (Å²) in [4.78, 5) is 12.1. The van der Waals surface area contributed by atoms with Gasteiger partial charge in [-0.25, -0.2) is 0 Å². The molecule has 0 saturated heterocycles. The number of hydrogen-bond acceptors (Lipinski definition) is 3. The van der Waals surface area contributed by atoms with Crippen LogP contribution >= 0.6 is 11.3 Å². The summed E-state index contributed by atoms with van der Waals surface area (Å²) < 4.78 is 0. The Morgan fingerprint density at radius 2 is 2.22 bits per heavy atom. The van der Waals surface area contributed by atoms with Gasteiger partial charge < -0.3 is 5.32 Å². The van der Waals surface area contributed by atoms with Gasteiger partial charge in [-0.15, -0.1) is 0 Å². The van der Waals surface area contributed by atoms with Crippen LogP contribution in [0.5, 0.6) is 0 Å². The van der Waals surface area contributed by atoms with E-state index in [0.717, 1.165) is 11.1 Å². The van der Waals surface area contributed by atoms with E-state index < -0.39 is 0 Å². The molecule has 5 heteroatoms. The second-order valence-corrected chi connectivity index (χ2v) is 5.40. The summed E-state index contributed by atoms with van der Waals surface area (Å²) in [5.74, 6) is 0.867. The van der Waals surface area contributed by atoms with E-state index in [0.29, 0.717) is 11.7 Å². The minimum Gasteiger partial charge on any atom is -0.310 e. The van der Waals surface area contributed by atoms with E-state index in [1.54, 1.807) is 17.5 Å². The van der Waals surface area contributed by atoms with Crippen molar-refractivity contribution in [3.05, 3.63) is 34.2 Å². The first kappa shape index (κ1) is 12.8. The van der Waals surface area contributed by atoms with E-state index in [9.17, 15) is 4.79 Å². The zero-order chi connectivity index (χ0) is 13.1. The maximum atomic E-state index is 12.1. The average molecular weight is 263 g/mol. The van der Waals surface area contributed by atoms with E-state index in [1.807, 2.05) is 23.8 Å². The molecule has 2 aromatic rings. The molecule has 2 rings (SSSR count). The molecule has 0 spiro atoms. The van der Waals surface area contributed by atoms with Crippen LogP contribution in [0, 0.1) is 0 Å². The molecule has 1 amide bonds. The van der Waals surface area contributed by atoms with Crippen LogP contribution in [0.2, 0.25) is 0 Å². The molecule has 0 saturated carbocycles. The van der Waals surface area contributed by atoms with Crippen LogP contribution in [0.15, 0.2) is 23.0 Å². The molecule has 2 N–H and O–H groups in total. The molecular formula is C13H17N3OS. The molecule has 4 nitrogen and oxygen atoms in total. The van der Waals surface area contributed by atoms with Gasteiger partial charge in [0.15, 0.2) is 0 Å². The van der Waals surface area contributed by atoms with Crippen molar-refractivity contribution >= 4 is 23.1 Å². The van der Waals surface area contributed by atoms with Gasteiger partial charge in [-0.1, -0.05) is 13.8 Å². The van der Waals surface area contributed by atoms with Gasteiger partial charge in [0.05, 0.1) is 12.1 Å². The average Bonchev–Trinajstić information content (AvgIpc) is 2.98. The highest BCUT2D eigenvalue weighted by atomic mass is 32.1. The van der Waals surface area contributed by atoms with Crippen LogP contribution < -0.4 is 5.32 Å². The first-order valence-corrected chi connectivity index (χ1v) is 6.90. The van der Waals surface area contributed by atoms with Gasteiger partial charge >= 0.3 is 0 Å². The van der Waals surface area contributed by atoms with Gasteiger partial charge in [0.1, 0.15) is 5.82 Å². The first-order valence-electron chi connectivity index (χ1n) is 5.95. The summed E-state index contributed by atoms with van der Waals surface area (Å²) in [7, 11) is 0. The van der Waals surface area contributed by atoms with Gasteiger partial charge in [0.2, 0.25) is 5.91 Å². The summed E-state index contributed by atoms with van der Waals surface area (Å²) in [5.41, 5.74) is 2.07. The number of carbonyl (C=O) groups excluding carboxylic acids is 1. The molecule has 0 radical (unpaired) electrons. The topological polar surface area (TPSA) is 57.8 Å². The molecular weight excluding hydrogens is 246 g/mol. The van der Waals surface area contributed by atoms with Crippen molar-refractivity contribution in [3.63, 3.8) is 0 Å². The minimum absolute atomic E-state index is 0.0143. The standard InChI is InChI=1S/C13H17N3OS/c1-8(2)11-6-14-16-12(11)15-13(17)9(3)10-4-5-18-7-10/h4-9H,1-3H3,(H2,14,15,16,17). The highest BCUT2D eigenvalue weighted by molar-refractivity contribution is 7.08. The lowest BCUT2D eigenvalue weighted by molar-refractivity contribution is -0.117. The van der Waals surface area contributed by atoms with Crippen LogP contribution in [-0.4, -0.2) is 16.1 Å². The molecule has 0 aliphatic rings. The van der Waals surface area contributed by atoms with Gasteiger partial charge in [-0.05, 0) is 35.2 Å². The maximum absolute atomic E-state index is 12.1. The van der Waals surface area contributed by atoms with E-state index in [2.05, 4.69) is 29.4 Å². The Morgan fingerprint density at radius 3 is 2.83 bits per heavy atom. The predicted octanol–water partition coefficient (Wildman–Crippen LogP) is 3.34. The lowest BCUT2D eigenvalue weighted by Gasteiger charge is -2.12. The Morgan fingerprint density at radius 1 is 1.44 bits per heavy atom. The van der Waals surface area contributed by atoms with Crippen molar-refractivity contribution in [3.8, 4) is 0 Å². The number of hydrogen-bond donors (Lipinski definition) is 2. The SMILES string of the molecule is CC(C)c1cn[nH]c1NC(=O)C(C)c1ccsc1. The summed E-state index contributed by atoms with van der Waals surface area (Å²) in [5, 5.41) is 13.7. The van der Waals surface area contributed by atoms with Crippen LogP contribution in [0.3, 0.4) is 0 Å². The lowest BCUT2D eigenvalue weighted by atomic mass is 10.0. The van der Waals surface area contributed by atoms with Crippen molar-refractivity contribution in [2.45, 2.75) is 32.6 Å². The van der Waals surface area contributed by atoms with E-state index in [4.69, 9.17) is 0 Å². The second kappa shape index (κ2) is 5.35. The number of thiophene rings is 1. The Balaban J connectivity index is 2.09. The molecule has 2 aromatic heterocycles. The first-order chi connectivity index (χ1) is 8.59. The number of nitrogens with zero attached hydrogens (tertiary/aromatic N) is 1. The smallest absolute Gasteiger partial charge is 0.232 e. The normalized spacial score (nSPS) is 12.7. The summed E-state index contributed by atoms with van der Waals surface area (Å²) in [6.45, 7) is 6.05. The Kier molecular flexibility index (Phi) is 3.81. The summed E-state index contributed by atoms with van der Waals surface area (Å²) in [6.07, 6.45) is 1.76. The summed E-state index contributed by atoms with van der Waals surface area (Å²) in [6, 6.07) is 1.98. The Hall–Kier alpha value is -1.62. The minimum atomic E-state index is -0.153. The lowest BCUT2D eigenvalue weighted by Crippen LogP contribution is -2.19. The number of aromatic amines is 1. The zero-order valence-electron chi connectivity index (χ0n) is 10.7. The van der Waals surface area contributed by atoms with Crippen LogP contribution in [0.1, 0.15) is 43.7 Å². The Bertz CT molecular complexity index is 516. The van der Waals surface area contributed by atoms with Crippen LogP contribution in [0.4, 0.5) is 5.82 Å². The third-order valence-electron chi connectivity index (χ3n) is 2.98. The number of aromatic nitrogens is 2. The van der Waals surface area contributed by atoms with Crippen molar-refractivity contribution < 1.29 is 4.79 Å². The van der Waals surface area contributed by atoms with Crippen molar-refractivity contribution in [1.29, 1.82) is 0 Å². The van der Waals surface area contributed by atoms with Gasteiger partial charge in [0.25, 0.3) is 0 Å². The molecule has 1 atom stereocenters. The number of anilines is 1. The number of rotatable bonds is 4. The molecule has 2 heterocycles. The van der Waals surface area contributed by atoms with Crippen LogP contribution in [-0.2, 0) is 4.79 Å². The van der Waals surface area contributed by atoms with E-state index >= 15 is 0 Å². The molecule has 1 unspecified atom stereocenters. The number of amides is 1. The van der Waals surface area contributed by atoms with Gasteiger partial charge in [0, 0.05) is 5.56 Å². The molecule has 0 aliphatic heterocycles. The molecule has 0 aliphatic carbocycles. The number of carbonyl (C=O) groups is 1. The molecule has 0 fully saturated rings. The monoisotopic (exact) mass is 263 g/mol. The third-order valence-corrected chi connectivity index (χ3v) is 3.68. The molecule has 0 aromatic carbocycles. The van der Waals surface area contributed by atoms with Crippen molar-refractivity contribution in [1.82, 2.24) is 10.2 Å². The number of H-pyrrole nitrogens is 1. The largest absolute Gasteiger partial charge is 0.310 e. The highest BCUT2D eigenvalue weighted by Gasteiger charge is 2.18. The molecule has 0 bridgehead atoms. The predicted molar refractivity (Wildman–Crippen MR) is 74.0 cm³/mol. The molecule has 96 valence electrons. The second-order valence-electron chi connectivity index (χ2n) is 4.62. The fraction of sp³-hybridized carbons (Fsp3) is 0.385. The van der Waals surface area contributed by atoms with Crippen molar-refractivity contribution in [2.75, 3.05) is 5.32 Å². The van der Waals surface area contributed by atoms with E-state index in [1.165, 1.54) is 0 Å². The van der Waals surface area contributed by atoms with E-state index in [-0.39, 0.29) is 11.8 Å². The van der Waals surface area contributed by atoms with Crippen molar-refractivity contribution in [2.24, 2.45) is 0 Å². The van der Waals surface area contributed by atoms with Crippen LogP contribution in [0.25, 0.3) is 0 Å². The Labute approximate surface area is 110 Å². The van der Waals surface area contributed by atoms with Gasteiger partial charge in [-0.2, -0.15) is 16.4 Å². The third kappa shape index (κ3) is 2.61. The maximum Gasteiger partial charge on any atom is 0.232 e. The summed E-state index contributed by atoms with van der Waals surface area (Å²) >= 11 is 1.60. The number of nitrogens with one attached hydrogen (secondary N) is 2. The fourth-order valence-corrected chi connectivity index (χ4v) is 2.49. The van der Waals surface area contributed by atoms with Gasteiger partial charge in [-0.3, -0.25) is 9.89 Å². The zero-order valence-corrected chi connectivity index (χ0v) is 11.5.